The summed E-state index contributed by atoms with van der Waals surface area (Å²) in [6.07, 6.45) is -0.730. The predicted octanol–water partition coefficient (Wildman–Crippen LogP) is -1.04. The van der Waals surface area contributed by atoms with Gasteiger partial charge in [0.15, 0.2) is 0 Å². The van der Waals surface area contributed by atoms with Gasteiger partial charge in [-0.1, -0.05) is 0 Å². The second kappa shape index (κ2) is 3.97. The Morgan fingerprint density at radius 3 is 2.69 bits per heavy atom. The Morgan fingerprint density at radius 2 is 2.38 bits per heavy atom. The van der Waals surface area contributed by atoms with E-state index in [1.165, 1.54) is 0 Å². The van der Waals surface area contributed by atoms with Crippen LogP contribution in [0, 0.1) is 0 Å². The lowest BCUT2D eigenvalue weighted by molar-refractivity contribution is -0.147. The van der Waals surface area contributed by atoms with Crippen LogP contribution in [0.25, 0.3) is 0 Å². The Hall–Kier alpha value is -0.750. The van der Waals surface area contributed by atoms with Crippen molar-refractivity contribution in [1.82, 2.24) is 4.90 Å². The highest BCUT2D eigenvalue weighted by molar-refractivity contribution is 7.80. The average Bonchev–Trinajstić information content (AvgIpc) is 2.31. The molecule has 13 heavy (non-hydrogen) atoms. The van der Waals surface area contributed by atoms with Crippen LogP contribution < -0.4 is 0 Å². The lowest BCUT2D eigenvalue weighted by Gasteiger charge is -2.22. The first kappa shape index (κ1) is 10.3. The summed E-state index contributed by atoms with van der Waals surface area (Å²) in [4.78, 5) is 23.0. The van der Waals surface area contributed by atoms with Gasteiger partial charge in [-0.05, 0) is 0 Å². The summed E-state index contributed by atoms with van der Waals surface area (Å²) >= 11 is 3.84. The van der Waals surface area contributed by atoms with Gasteiger partial charge < -0.3 is 15.1 Å². The molecule has 0 aromatic rings. The molecule has 1 amide bonds. The number of amides is 1. The van der Waals surface area contributed by atoms with E-state index in [0.29, 0.717) is 0 Å². The van der Waals surface area contributed by atoms with Crippen LogP contribution >= 0.6 is 12.6 Å². The van der Waals surface area contributed by atoms with Gasteiger partial charge in [-0.3, -0.25) is 4.79 Å². The Labute approximate surface area is 80.7 Å². The van der Waals surface area contributed by atoms with Gasteiger partial charge in [-0.15, -0.1) is 0 Å². The molecule has 0 aromatic carbocycles. The molecule has 0 radical (unpaired) electrons. The van der Waals surface area contributed by atoms with Crippen molar-refractivity contribution in [1.29, 1.82) is 0 Å². The highest BCUT2D eigenvalue weighted by Gasteiger charge is 2.35. The summed E-state index contributed by atoms with van der Waals surface area (Å²) < 4.78 is 0. The van der Waals surface area contributed by atoms with Crippen molar-refractivity contribution in [2.75, 3.05) is 12.3 Å². The maximum absolute atomic E-state index is 11.2. The van der Waals surface area contributed by atoms with Crippen LogP contribution in [0.15, 0.2) is 0 Å². The second-order valence-corrected chi connectivity index (χ2v) is 3.31. The molecule has 0 bridgehead atoms. The molecule has 6 heteroatoms. The summed E-state index contributed by atoms with van der Waals surface area (Å²) in [7, 11) is 0. The Bertz CT molecular complexity index is 233. The number of hydrogen-bond acceptors (Lipinski definition) is 4. The van der Waals surface area contributed by atoms with Crippen LogP contribution in [0.4, 0.5) is 0 Å². The zero-order chi connectivity index (χ0) is 10.0. The third kappa shape index (κ3) is 2.13. The SMILES string of the molecule is O=C(O)C(CS)N1CC(O)CC1=O. The van der Waals surface area contributed by atoms with Crippen LogP contribution in [-0.4, -0.2) is 51.4 Å². The number of aliphatic hydroxyl groups excluding tert-OH is 1. The predicted molar refractivity (Wildman–Crippen MR) is 47.6 cm³/mol. The van der Waals surface area contributed by atoms with E-state index in [2.05, 4.69) is 12.6 Å². The fraction of sp³-hybridized carbons (Fsp3) is 0.714. The molecule has 2 unspecified atom stereocenters. The molecule has 0 spiro atoms. The molecule has 1 saturated heterocycles. The third-order valence-corrected chi connectivity index (χ3v) is 2.32. The van der Waals surface area contributed by atoms with E-state index in [9.17, 15) is 9.59 Å². The van der Waals surface area contributed by atoms with Crippen molar-refractivity contribution < 1.29 is 19.8 Å². The molecule has 1 heterocycles. The first-order valence-corrected chi connectivity index (χ1v) is 4.50. The first-order chi connectivity index (χ1) is 6.06. The minimum absolute atomic E-state index is 0.0115. The summed E-state index contributed by atoms with van der Waals surface area (Å²) in [5, 5.41) is 17.8. The molecule has 5 nitrogen and oxygen atoms in total. The maximum Gasteiger partial charge on any atom is 0.327 e. The Kier molecular flexibility index (Phi) is 3.16. The van der Waals surface area contributed by atoms with Crippen molar-refractivity contribution in [3.8, 4) is 0 Å². The number of carbonyl (C=O) groups excluding carboxylic acids is 1. The number of hydrogen-bond donors (Lipinski definition) is 3. The molecule has 1 aliphatic rings. The van der Waals surface area contributed by atoms with Crippen LogP contribution in [-0.2, 0) is 9.59 Å². The number of aliphatic hydroxyl groups is 1. The number of β-amino-alcohol motifs (C(OH)–C–C–N with tert-alkyl or cyclic N) is 1. The standard InChI is InChI=1S/C7H11NO4S/c9-4-1-6(10)8(2-4)5(3-13)7(11)12/h4-5,9,13H,1-3H2,(H,11,12). The van der Waals surface area contributed by atoms with Gasteiger partial charge in [-0.25, -0.2) is 4.79 Å². The van der Waals surface area contributed by atoms with Crippen LogP contribution in [0.5, 0.6) is 0 Å². The van der Waals surface area contributed by atoms with E-state index in [0.717, 1.165) is 4.90 Å². The van der Waals surface area contributed by atoms with Gasteiger partial charge in [0.25, 0.3) is 0 Å². The van der Waals surface area contributed by atoms with Crippen molar-refractivity contribution >= 4 is 24.5 Å². The number of nitrogens with zero attached hydrogens (tertiary/aromatic N) is 1. The molecule has 0 aliphatic carbocycles. The van der Waals surface area contributed by atoms with Crippen LogP contribution in [0.2, 0.25) is 0 Å². The van der Waals surface area contributed by atoms with Crippen molar-refractivity contribution in [2.45, 2.75) is 18.6 Å². The quantitative estimate of drug-likeness (QED) is 0.514. The lowest BCUT2D eigenvalue weighted by atomic mass is 10.3. The monoisotopic (exact) mass is 205 g/mol. The van der Waals surface area contributed by atoms with Crippen molar-refractivity contribution in [3.63, 3.8) is 0 Å². The second-order valence-electron chi connectivity index (χ2n) is 2.94. The summed E-state index contributed by atoms with van der Waals surface area (Å²) in [5.74, 6) is -1.35. The van der Waals surface area contributed by atoms with Gasteiger partial charge in [-0.2, -0.15) is 12.6 Å². The minimum atomic E-state index is -1.09. The molecular weight excluding hydrogens is 194 g/mol. The fourth-order valence-corrected chi connectivity index (χ4v) is 1.68. The van der Waals surface area contributed by atoms with E-state index < -0.39 is 18.1 Å². The summed E-state index contributed by atoms with van der Waals surface area (Å²) in [6, 6.07) is -0.923. The topological polar surface area (TPSA) is 77.8 Å². The molecule has 2 N–H and O–H groups in total. The number of likely N-dealkylation sites (tertiary alicyclic amines) is 1. The van der Waals surface area contributed by atoms with Crippen molar-refractivity contribution in [3.05, 3.63) is 0 Å². The van der Waals surface area contributed by atoms with Crippen LogP contribution in [0.1, 0.15) is 6.42 Å². The molecule has 74 valence electrons. The van der Waals surface area contributed by atoms with Gasteiger partial charge in [0.1, 0.15) is 6.04 Å². The molecule has 2 atom stereocenters. The summed E-state index contributed by atoms with van der Waals surface area (Å²) in [5.41, 5.74) is 0. The maximum atomic E-state index is 11.2. The fourth-order valence-electron chi connectivity index (χ4n) is 1.32. The van der Waals surface area contributed by atoms with Gasteiger partial charge in [0.05, 0.1) is 12.5 Å². The highest BCUT2D eigenvalue weighted by Crippen LogP contribution is 2.15. The van der Waals surface area contributed by atoms with E-state index >= 15 is 0 Å². The highest BCUT2D eigenvalue weighted by atomic mass is 32.1. The number of thiol groups is 1. The van der Waals surface area contributed by atoms with E-state index in [-0.39, 0.29) is 24.6 Å². The smallest absolute Gasteiger partial charge is 0.327 e. The third-order valence-electron chi connectivity index (χ3n) is 1.97. The van der Waals surface area contributed by atoms with Crippen molar-refractivity contribution in [2.24, 2.45) is 0 Å². The first-order valence-electron chi connectivity index (χ1n) is 3.87. The average molecular weight is 205 g/mol. The molecular formula is C7H11NO4S. The normalized spacial score (nSPS) is 24.9. The largest absolute Gasteiger partial charge is 0.480 e. The Morgan fingerprint density at radius 1 is 1.77 bits per heavy atom. The number of carboxylic acids is 1. The number of rotatable bonds is 3. The van der Waals surface area contributed by atoms with E-state index in [1.54, 1.807) is 0 Å². The molecule has 0 aromatic heterocycles. The molecule has 0 saturated carbocycles. The zero-order valence-corrected chi connectivity index (χ0v) is 7.78. The lowest BCUT2D eigenvalue weighted by Crippen LogP contribution is -2.43. The molecule has 1 fully saturated rings. The minimum Gasteiger partial charge on any atom is -0.480 e. The van der Waals surface area contributed by atoms with Crippen LogP contribution in [0.3, 0.4) is 0 Å². The number of carboxylic acid groups (broad SMARTS) is 1. The molecule has 1 rings (SSSR count). The summed E-state index contributed by atoms with van der Waals surface area (Å²) in [6.45, 7) is 0.0936. The van der Waals surface area contributed by atoms with Gasteiger partial charge in [0, 0.05) is 12.3 Å². The van der Waals surface area contributed by atoms with Gasteiger partial charge >= 0.3 is 5.97 Å². The zero-order valence-electron chi connectivity index (χ0n) is 6.88. The van der Waals surface area contributed by atoms with E-state index in [4.69, 9.17) is 10.2 Å². The number of carbonyl (C=O) groups is 2. The molecule has 1 aliphatic heterocycles. The van der Waals surface area contributed by atoms with Gasteiger partial charge in [0.2, 0.25) is 5.91 Å². The number of aliphatic carboxylic acids is 1. The Balaban J connectivity index is 2.69. The van der Waals surface area contributed by atoms with E-state index in [1.807, 2.05) is 0 Å².